The molecule has 8 nitrogen and oxygen atoms in total. The number of hydrogen-bond acceptors (Lipinski definition) is 5. The second-order valence-electron chi connectivity index (χ2n) is 11.3. The summed E-state index contributed by atoms with van der Waals surface area (Å²) in [6.07, 6.45) is 3.11. The van der Waals surface area contributed by atoms with Crippen LogP contribution in [0.3, 0.4) is 0 Å². The number of benzene rings is 3. The molecule has 0 bridgehead atoms. The van der Waals surface area contributed by atoms with Crippen molar-refractivity contribution in [3.63, 3.8) is 0 Å². The Balaban J connectivity index is 1.59. The predicted octanol–water partition coefficient (Wildman–Crippen LogP) is 7.89. The number of nitrogens with one attached hydrogen (secondary N) is 1. The number of nitrogens with zero attached hydrogens (tertiary/aromatic N) is 2. The van der Waals surface area contributed by atoms with Crippen molar-refractivity contribution >= 4 is 56.8 Å². The van der Waals surface area contributed by atoms with Gasteiger partial charge in [0.1, 0.15) is 5.75 Å². The zero-order valence-corrected chi connectivity index (χ0v) is 28.5. The summed E-state index contributed by atoms with van der Waals surface area (Å²) >= 11 is 12.4. The van der Waals surface area contributed by atoms with E-state index in [1.54, 1.807) is 32.0 Å². The summed E-state index contributed by atoms with van der Waals surface area (Å²) in [6.45, 7) is 10.8. The molecule has 0 atom stereocenters. The minimum absolute atomic E-state index is 0.0120. The van der Waals surface area contributed by atoms with Crippen LogP contribution < -0.4 is 10.1 Å². The van der Waals surface area contributed by atoms with E-state index >= 15 is 0 Å². The highest BCUT2D eigenvalue weighted by Crippen LogP contribution is 2.37. The third-order valence-electron chi connectivity index (χ3n) is 7.76. The van der Waals surface area contributed by atoms with Gasteiger partial charge in [0, 0.05) is 36.2 Å². The van der Waals surface area contributed by atoms with Crippen LogP contribution in [0.5, 0.6) is 11.5 Å². The molecule has 0 aromatic heterocycles. The Morgan fingerprint density at radius 1 is 0.978 bits per heavy atom. The zero-order chi connectivity index (χ0) is 32.9. The van der Waals surface area contributed by atoms with Crippen LogP contribution in [0.25, 0.3) is 6.08 Å². The van der Waals surface area contributed by atoms with Crippen LogP contribution in [0.15, 0.2) is 65.1 Å². The first-order valence-corrected chi connectivity index (χ1v) is 17.2. The number of piperidine rings is 1. The highest BCUT2D eigenvalue weighted by Gasteiger charge is 2.28. The zero-order valence-electron chi connectivity index (χ0n) is 26.2. The van der Waals surface area contributed by atoms with Gasteiger partial charge in [0.25, 0.3) is 0 Å². The van der Waals surface area contributed by atoms with Crippen molar-refractivity contribution in [2.24, 2.45) is 0 Å². The fourth-order valence-electron chi connectivity index (χ4n) is 5.20. The van der Waals surface area contributed by atoms with Crippen molar-refractivity contribution in [1.29, 1.82) is 0 Å². The number of sulfonamides is 1. The molecular weight excluding hydrogens is 633 g/mol. The lowest BCUT2D eigenvalue weighted by Crippen LogP contribution is -2.43. The maximum Gasteiger partial charge on any atom is 0.314 e. The molecular formula is C34H39Cl2N3O5S. The number of ether oxygens (including phenoxy) is 1. The van der Waals surface area contributed by atoms with Crippen molar-refractivity contribution in [2.75, 3.05) is 31.5 Å². The summed E-state index contributed by atoms with van der Waals surface area (Å²) in [5, 5.41) is 3.82. The van der Waals surface area contributed by atoms with Crippen LogP contribution in [0.4, 0.5) is 5.69 Å². The van der Waals surface area contributed by atoms with E-state index in [-0.39, 0.29) is 35.3 Å². The van der Waals surface area contributed by atoms with Crippen LogP contribution in [0.2, 0.25) is 10.0 Å². The first kappa shape index (κ1) is 34.5. The number of halogens is 2. The van der Waals surface area contributed by atoms with Crippen molar-refractivity contribution in [3.05, 3.63) is 86.9 Å². The number of aryl methyl sites for hydroxylation is 1. The first-order chi connectivity index (χ1) is 21.3. The number of rotatable bonds is 9. The Labute approximate surface area is 276 Å². The molecule has 1 N–H and O–H groups in total. The third kappa shape index (κ3) is 8.27. The van der Waals surface area contributed by atoms with E-state index < -0.39 is 21.8 Å². The van der Waals surface area contributed by atoms with Crippen LogP contribution in [0.1, 0.15) is 63.1 Å². The maximum absolute atomic E-state index is 13.3. The lowest BCUT2D eigenvalue weighted by atomic mass is 10.0. The average Bonchev–Trinajstić information content (AvgIpc) is 3.00. The van der Waals surface area contributed by atoms with Gasteiger partial charge in [0.2, 0.25) is 10.0 Å². The molecule has 1 heterocycles. The fraction of sp³-hybridized carbons (Fsp3) is 0.353. The molecule has 0 saturated carbocycles. The largest absolute Gasteiger partial charge is 0.455 e. The number of carbonyl (C=O) groups is 2. The van der Waals surface area contributed by atoms with Gasteiger partial charge in [-0.1, -0.05) is 74.7 Å². The van der Waals surface area contributed by atoms with E-state index in [0.717, 1.165) is 22.3 Å². The smallest absolute Gasteiger partial charge is 0.314 e. The van der Waals surface area contributed by atoms with Gasteiger partial charge in [-0.05, 0) is 84.8 Å². The SMILES string of the molecule is CCN(CC)S(=O)(=O)c1ccc(Oc2cc(C)ccc2C(C)C)c(NC(=O)C(=O)N2CCC(=Cc3cc(Cl)ccc3Cl)CC2)c1. The van der Waals surface area contributed by atoms with E-state index in [2.05, 4.69) is 5.32 Å². The molecule has 0 spiro atoms. The van der Waals surface area contributed by atoms with Gasteiger partial charge in [0.05, 0.1) is 10.6 Å². The van der Waals surface area contributed by atoms with Crippen molar-refractivity contribution in [3.8, 4) is 11.5 Å². The molecule has 4 rings (SSSR count). The lowest BCUT2D eigenvalue weighted by Gasteiger charge is -2.28. The molecule has 240 valence electrons. The predicted molar refractivity (Wildman–Crippen MR) is 181 cm³/mol. The van der Waals surface area contributed by atoms with Crippen LogP contribution in [-0.2, 0) is 19.6 Å². The van der Waals surface area contributed by atoms with E-state index in [1.807, 2.05) is 45.0 Å². The van der Waals surface area contributed by atoms with Gasteiger partial charge in [-0.15, -0.1) is 0 Å². The summed E-state index contributed by atoms with van der Waals surface area (Å²) in [7, 11) is -3.85. The van der Waals surface area contributed by atoms with E-state index in [1.165, 1.54) is 27.4 Å². The van der Waals surface area contributed by atoms with Gasteiger partial charge < -0.3 is 15.0 Å². The molecule has 3 aromatic carbocycles. The molecule has 2 amide bonds. The second kappa shape index (κ2) is 14.8. The van der Waals surface area contributed by atoms with Crippen molar-refractivity contribution in [1.82, 2.24) is 9.21 Å². The van der Waals surface area contributed by atoms with Gasteiger partial charge >= 0.3 is 11.8 Å². The minimum atomic E-state index is -3.85. The molecule has 45 heavy (non-hydrogen) atoms. The number of hydrogen-bond donors (Lipinski definition) is 1. The Kier molecular flexibility index (Phi) is 11.4. The quantitative estimate of drug-likeness (QED) is 0.233. The Hall–Kier alpha value is -3.37. The lowest BCUT2D eigenvalue weighted by molar-refractivity contribution is -0.143. The van der Waals surface area contributed by atoms with Crippen LogP contribution in [-0.4, -0.2) is 55.6 Å². The summed E-state index contributed by atoms with van der Waals surface area (Å²) in [4.78, 5) is 28.1. The molecule has 0 unspecified atom stereocenters. The number of carbonyl (C=O) groups excluding carboxylic acids is 2. The molecule has 0 aliphatic carbocycles. The summed E-state index contributed by atoms with van der Waals surface area (Å²) in [5.74, 6) is -0.631. The standard InChI is InChI=1S/C34H39Cl2N3O5S/c1-6-39(7-2)45(42,43)27-10-13-31(44-32-18-23(5)8-11-28(32)22(3)4)30(21-27)37-33(40)34(41)38-16-14-24(15-17-38)19-25-20-26(35)9-12-29(25)36/h8-13,18-22H,6-7,14-17H2,1-5H3,(H,37,40). The third-order valence-corrected chi connectivity index (χ3v) is 10.4. The average molecular weight is 673 g/mol. The van der Waals surface area contributed by atoms with Crippen molar-refractivity contribution in [2.45, 2.75) is 58.3 Å². The molecule has 11 heteroatoms. The summed E-state index contributed by atoms with van der Waals surface area (Å²) < 4.78 is 34.3. The molecule has 1 fully saturated rings. The maximum atomic E-state index is 13.3. The topological polar surface area (TPSA) is 96.0 Å². The Morgan fingerprint density at radius 2 is 1.67 bits per heavy atom. The summed E-state index contributed by atoms with van der Waals surface area (Å²) in [6, 6.07) is 15.4. The normalized spacial score (nSPS) is 13.7. The van der Waals surface area contributed by atoms with E-state index in [4.69, 9.17) is 27.9 Å². The fourth-order valence-corrected chi connectivity index (χ4v) is 7.04. The molecule has 1 aliphatic heterocycles. The number of likely N-dealkylation sites (tertiary alicyclic amines) is 1. The van der Waals surface area contributed by atoms with Gasteiger partial charge in [-0.3, -0.25) is 9.59 Å². The minimum Gasteiger partial charge on any atom is -0.455 e. The monoisotopic (exact) mass is 671 g/mol. The van der Waals surface area contributed by atoms with E-state index in [0.29, 0.717) is 41.7 Å². The van der Waals surface area contributed by atoms with Gasteiger partial charge in [0.15, 0.2) is 5.75 Å². The second-order valence-corrected chi connectivity index (χ2v) is 14.0. The molecule has 0 radical (unpaired) electrons. The number of anilines is 1. The first-order valence-electron chi connectivity index (χ1n) is 15.0. The Bertz CT molecular complexity index is 1710. The van der Waals surface area contributed by atoms with E-state index in [9.17, 15) is 18.0 Å². The van der Waals surface area contributed by atoms with Crippen molar-refractivity contribution < 1.29 is 22.7 Å². The molecule has 1 saturated heterocycles. The highest BCUT2D eigenvalue weighted by atomic mass is 35.5. The van der Waals surface area contributed by atoms with Gasteiger partial charge in [-0.2, -0.15) is 4.31 Å². The molecule has 1 aliphatic rings. The Morgan fingerprint density at radius 3 is 2.31 bits per heavy atom. The van der Waals surface area contributed by atoms with Crippen LogP contribution >= 0.6 is 23.2 Å². The summed E-state index contributed by atoms with van der Waals surface area (Å²) in [5.41, 5.74) is 3.91. The molecule has 3 aromatic rings. The van der Waals surface area contributed by atoms with Gasteiger partial charge in [-0.25, -0.2) is 8.42 Å². The van der Waals surface area contributed by atoms with Crippen LogP contribution in [0, 0.1) is 6.92 Å². The highest BCUT2D eigenvalue weighted by molar-refractivity contribution is 7.89. The number of amides is 2.